The molecular weight excluding hydrogens is 303 g/mol. The smallest absolute Gasteiger partial charge is 0.412 e. The molecule has 23 heavy (non-hydrogen) atoms. The highest BCUT2D eigenvalue weighted by Gasteiger charge is 2.45. The normalized spacial score (nSPS) is 26.7. The third-order valence-corrected chi connectivity index (χ3v) is 4.69. The van der Waals surface area contributed by atoms with E-state index in [1.54, 1.807) is 0 Å². The summed E-state index contributed by atoms with van der Waals surface area (Å²) < 4.78 is 18.3. The number of carbonyl (C=O) groups is 2. The summed E-state index contributed by atoms with van der Waals surface area (Å²) >= 11 is 0. The van der Waals surface area contributed by atoms with Gasteiger partial charge in [-0.2, -0.15) is 0 Å². The monoisotopic (exact) mass is 322 g/mol. The molecule has 2 aliphatic heterocycles. The molecule has 7 heteroatoms. The van der Waals surface area contributed by atoms with E-state index in [1.165, 1.54) is 30.2 Å². The lowest BCUT2D eigenvalue weighted by atomic mass is 9.85. The van der Waals surface area contributed by atoms with Crippen LogP contribution in [-0.2, 0) is 16.0 Å². The zero-order valence-electron chi connectivity index (χ0n) is 12.8. The minimum absolute atomic E-state index is 0.338. The topological polar surface area (TPSA) is 78.9 Å². The van der Waals surface area contributed by atoms with Gasteiger partial charge in [0.1, 0.15) is 5.82 Å². The molecule has 2 aliphatic rings. The second-order valence-electron chi connectivity index (χ2n) is 5.95. The molecule has 0 aliphatic carbocycles. The van der Waals surface area contributed by atoms with E-state index in [0.717, 1.165) is 6.42 Å². The first-order valence-corrected chi connectivity index (χ1v) is 7.64. The van der Waals surface area contributed by atoms with Gasteiger partial charge in [0.2, 0.25) is 0 Å². The second-order valence-corrected chi connectivity index (χ2v) is 5.95. The van der Waals surface area contributed by atoms with Crippen LogP contribution >= 0.6 is 0 Å². The number of carbonyl (C=O) groups excluding carboxylic acids is 1. The summed E-state index contributed by atoms with van der Waals surface area (Å²) in [6.45, 7) is 0.715. The van der Waals surface area contributed by atoms with Gasteiger partial charge >= 0.3 is 12.1 Å². The van der Waals surface area contributed by atoms with Crippen molar-refractivity contribution in [2.75, 3.05) is 18.6 Å². The van der Waals surface area contributed by atoms with E-state index < -0.39 is 23.9 Å². The molecule has 1 aromatic carbocycles. The van der Waals surface area contributed by atoms with E-state index in [9.17, 15) is 19.1 Å². The molecule has 1 saturated heterocycles. The average Bonchev–Trinajstić information content (AvgIpc) is 2.92. The van der Waals surface area contributed by atoms with Crippen LogP contribution in [0, 0.1) is 11.7 Å². The lowest BCUT2D eigenvalue weighted by Gasteiger charge is -2.37. The first-order valence-electron chi connectivity index (χ1n) is 7.64. The van der Waals surface area contributed by atoms with Crippen molar-refractivity contribution in [1.29, 1.82) is 0 Å². The molecular formula is C16H19FN2O4. The van der Waals surface area contributed by atoms with Crippen LogP contribution in [0.5, 0.6) is 0 Å². The molecule has 1 amide bonds. The van der Waals surface area contributed by atoms with Crippen LogP contribution in [-0.4, -0.2) is 42.9 Å². The Balaban J connectivity index is 1.95. The number of methoxy groups -OCH3 is 1. The van der Waals surface area contributed by atoms with E-state index in [0.29, 0.717) is 30.6 Å². The number of amides is 1. The van der Waals surface area contributed by atoms with E-state index in [1.807, 2.05) is 0 Å². The van der Waals surface area contributed by atoms with Gasteiger partial charge in [-0.15, -0.1) is 0 Å². The number of fused-ring (bicyclic) bond motifs is 1. The van der Waals surface area contributed by atoms with Crippen LogP contribution in [0.15, 0.2) is 18.2 Å². The minimum atomic E-state index is -1.10. The number of hydrogen-bond donors (Lipinski definition) is 2. The van der Waals surface area contributed by atoms with Crippen molar-refractivity contribution in [3.8, 4) is 0 Å². The molecule has 1 fully saturated rings. The Morgan fingerprint density at radius 2 is 2.22 bits per heavy atom. The molecule has 2 heterocycles. The Bertz CT molecular complexity index is 637. The molecule has 0 saturated carbocycles. The summed E-state index contributed by atoms with van der Waals surface area (Å²) in [6, 6.07) is 3.30. The van der Waals surface area contributed by atoms with Crippen LogP contribution in [0.25, 0.3) is 0 Å². The molecule has 3 atom stereocenters. The van der Waals surface area contributed by atoms with Gasteiger partial charge in [0.05, 0.1) is 24.8 Å². The van der Waals surface area contributed by atoms with E-state index in [2.05, 4.69) is 5.32 Å². The van der Waals surface area contributed by atoms with Gasteiger partial charge in [0.15, 0.2) is 0 Å². The zero-order chi connectivity index (χ0) is 16.6. The Labute approximate surface area is 133 Å². The molecule has 0 bridgehead atoms. The third kappa shape index (κ3) is 2.76. The highest BCUT2D eigenvalue weighted by atomic mass is 19.1. The number of rotatable bonds is 2. The molecule has 3 rings (SSSR count). The highest BCUT2D eigenvalue weighted by Crippen LogP contribution is 2.37. The summed E-state index contributed by atoms with van der Waals surface area (Å²) in [4.78, 5) is 25.0. The number of carboxylic acid groups (broad SMARTS) is 1. The van der Waals surface area contributed by atoms with E-state index in [-0.39, 0.29) is 12.0 Å². The van der Waals surface area contributed by atoms with Gasteiger partial charge in [-0.05, 0) is 49.6 Å². The Kier molecular flexibility index (Phi) is 4.21. The fourth-order valence-corrected chi connectivity index (χ4v) is 3.71. The van der Waals surface area contributed by atoms with Gasteiger partial charge in [-0.3, -0.25) is 9.69 Å². The fraction of sp³-hybridized carbons (Fsp3) is 0.500. The van der Waals surface area contributed by atoms with Gasteiger partial charge < -0.3 is 15.2 Å². The number of esters is 1. The molecule has 0 radical (unpaired) electrons. The Morgan fingerprint density at radius 1 is 1.43 bits per heavy atom. The molecule has 0 aromatic heterocycles. The van der Waals surface area contributed by atoms with Crippen molar-refractivity contribution in [1.82, 2.24) is 5.32 Å². The fourth-order valence-electron chi connectivity index (χ4n) is 3.71. The number of anilines is 1. The van der Waals surface area contributed by atoms with Crippen molar-refractivity contribution in [2.45, 2.75) is 31.3 Å². The lowest BCUT2D eigenvalue weighted by molar-refractivity contribution is -0.147. The van der Waals surface area contributed by atoms with Gasteiger partial charge in [-0.25, -0.2) is 9.18 Å². The van der Waals surface area contributed by atoms with Crippen LogP contribution in [0.1, 0.15) is 18.4 Å². The molecule has 2 N–H and O–H groups in total. The number of nitrogens with one attached hydrogen (secondary N) is 1. The zero-order valence-corrected chi connectivity index (χ0v) is 12.8. The molecule has 6 nitrogen and oxygen atoms in total. The summed E-state index contributed by atoms with van der Waals surface area (Å²) in [6.07, 6.45) is 0.762. The maximum Gasteiger partial charge on any atom is 0.412 e. The van der Waals surface area contributed by atoms with Gasteiger partial charge in [-0.1, -0.05) is 0 Å². The third-order valence-electron chi connectivity index (χ3n) is 4.69. The first kappa shape index (κ1) is 15.7. The second kappa shape index (κ2) is 6.16. The molecule has 0 spiro atoms. The quantitative estimate of drug-likeness (QED) is 0.812. The summed E-state index contributed by atoms with van der Waals surface area (Å²) in [7, 11) is 1.34. The number of hydrogen-bond acceptors (Lipinski definition) is 4. The van der Waals surface area contributed by atoms with Gasteiger partial charge in [0.25, 0.3) is 0 Å². The van der Waals surface area contributed by atoms with Crippen LogP contribution < -0.4 is 10.2 Å². The van der Waals surface area contributed by atoms with Crippen LogP contribution in [0.3, 0.4) is 0 Å². The lowest BCUT2D eigenvalue weighted by Crippen LogP contribution is -2.58. The van der Waals surface area contributed by atoms with E-state index in [4.69, 9.17) is 4.74 Å². The van der Waals surface area contributed by atoms with E-state index >= 15 is 0 Å². The number of ether oxygens (including phenoxy) is 1. The maximum absolute atomic E-state index is 13.5. The molecule has 1 aromatic rings. The van der Waals surface area contributed by atoms with Crippen LogP contribution in [0.2, 0.25) is 0 Å². The largest absolute Gasteiger partial charge is 0.469 e. The van der Waals surface area contributed by atoms with Crippen LogP contribution in [0.4, 0.5) is 14.9 Å². The van der Waals surface area contributed by atoms with Gasteiger partial charge in [0, 0.05) is 6.04 Å². The van der Waals surface area contributed by atoms with Crippen molar-refractivity contribution in [3.63, 3.8) is 0 Å². The summed E-state index contributed by atoms with van der Waals surface area (Å²) in [5.41, 5.74) is 1.13. The van der Waals surface area contributed by atoms with Crippen molar-refractivity contribution in [3.05, 3.63) is 29.6 Å². The number of halogens is 1. The molecule has 3 unspecified atom stereocenters. The number of benzene rings is 1. The number of nitrogens with zero attached hydrogens (tertiary/aromatic N) is 1. The van der Waals surface area contributed by atoms with Crippen molar-refractivity contribution in [2.24, 2.45) is 5.92 Å². The summed E-state index contributed by atoms with van der Waals surface area (Å²) in [5, 5.41) is 12.9. The van der Waals surface area contributed by atoms with Crippen molar-refractivity contribution < 1.29 is 23.8 Å². The Hall–Kier alpha value is -2.15. The predicted molar refractivity (Wildman–Crippen MR) is 80.9 cm³/mol. The molecule has 124 valence electrons. The number of piperidine rings is 1. The predicted octanol–water partition coefficient (Wildman–Crippen LogP) is 1.78. The SMILES string of the molecule is COC(=O)C1CCCNC1C1Cc2cc(F)ccc2N1C(=O)O. The Morgan fingerprint density at radius 3 is 2.91 bits per heavy atom. The first-order chi connectivity index (χ1) is 11.0. The summed E-state index contributed by atoms with van der Waals surface area (Å²) in [5.74, 6) is -1.13. The standard InChI is InChI=1S/C16H19FN2O4/c1-23-15(20)11-3-2-6-18-14(11)13-8-9-7-10(17)4-5-12(9)19(13)16(21)22/h4-5,7,11,13-14,18H,2-3,6,8H2,1H3,(H,21,22). The average molecular weight is 322 g/mol. The minimum Gasteiger partial charge on any atom is -0.469 e. The van der Waals surface area contributed by atoms with Crippen molar-refractivity contribution >= 4 is 17.7 Å². The maximum atomic E-state index is 13.5. The highest BCUT2D eigenvalue weighted by molar-refractivity contribution is 5.90.